The fourth-order valence-electron chi connectivity index (χ4n) is 5.01. The molecule has 1 amide bonds. The molecule has 3 aromatic heterocycles. The van der Waals surface area contributed by atoms with Crippen LogP contribution in [0.2, 0.25) is 0 Å². The highest BCUT2D eigenvalue weighted by Crippen LogP contribution is 2.32. The molecule has 1 saturated heterocycles. The quantitative estimate of drug-likeness (QED) is 0.427. The highest BCUT2D eigenvalue weighted by molar-refractivity contribution is 6.13. The molecule has 1 saturated carbocycles. The number of anilines is 2. The number of imidazole rings is 1. The van der Waals surface area contributed by atoms with Gasteiger partial charge in [-0.3, -0.25) is 4.79 Å². The Labute approximate surface area is 209 Å². The number of rotatable bonds is 6. The molecule has 1 aliphatic heterocycles. The van der Waals surface area contributed by atoms with Crippen LogP contribution in [0.5, 0.6) is 6.01 Å². The Morgan fingerprint density at radius 3 is 2.61 bits per heavy atom. The average molecular weight is 487 g/mol. The molecule has 10 heteroatoms. The summed E-state index contributed by atoms with van der Waals surface area (Å²) in [5.41, 5.74) is 4.61. The SMILES string of the molecule is COc1ncc2c(N3CCC(NC4CC4)CC3)ccc(C(=O)Nc3cc(C)c4nc(C)cn4n3)c2n1. The topological polar surface area (TPSA) is 110 Å². The van der Waals surface area contributed by atoms with E-state index in [4.69, 9.17) is 4.74 Å². The fourth-order valence-corrected chi connectivity index (χ4v) is 5.01. The van der Waals surface area contributed by atoms with Gasteiger partial charge in [-0.05, 0) is 63.3 Å². The molecular formula is C26H30N8O2. The first kappa shape index (κ1) is 22.7. The number of amides is 1. The number of carbonyl (C=O) groups is 1. The van der Waals surface area contributed by atoms with Crippen molar-refractivity contribution in [2.24, 2.45) is 0 Å². The Kier molecular flexibility index (Phi) is 5.67. The van der Waals surface area contributed by atoms with Crippen molar-refractivity contribution in [1.29, 1.82) is 0 Å². The van der Waals surface area contributed by atoms with Gasteiger partial charge in [-0.25, -0.2) is 14.5 Å². The largest absolute Gasteiger partial charge is 0.467 e. The number of nitrogens with one attached hydrogen (secondary N) is 2. The third kappa shape index (κ3) is 4.32. The van der Waals surface area contributed by atoms with E-state index < -0.39 is 0 Å². The van der Waals surface area contributed by atoms with Gasteiger partial charge in [-0.2, -0.15) is 4.98 Å². The zero-order valence-corrected chi connectivity index (χ0v) is 20.8. The zero-order chi connectivity index (χ0) is 24.8. The Hall–Kier alpha value is -3.79. The molecule has 0 unspecified atom stereocenters. The van der Waals surface area contributed by atoms with Crippen molar-refractivity contribution < 1.29 is 9.53 Å². The van der Waals surface area contributed by atoms with E-state index in [1.165, 1.54) is 20.0 Å². The second-order valence-corrected chi connectivity index (χ2v) is 9.77. The van der Waals surface area contributed by atoms with Crippen LogP contribution in [0, 0.1) is 13.8 Å². The minimum Gasteiger partial charge on any atom is -0.467 e. The summed E-state index contributed by atoms with van der Waals surface area (Å²) in [7, 11) is 1.53. The van der Waals surface area contributed by atoms with Gasteiger partial charge < -0.3 is 20.3 Å². The van der Waals surface area contributed by atoms with E-state index in [2.05, 4.69) is 35.6 Å². The van der Waals surface area contributed by atoms with Gasteiger partial charge in [0, 0.05) is 42.4 Å². The maximum absolute atomic E-state index is 13.4. The summed E-state index contributed by atoms with van der Waals surface area (Å²) in [5, 5.41) is 12.0. The number of aryl methyl sites for hydroxylation is 2. The number of nitrogens with zero attached hydrogens (tertiary/aromatic N) is 6. The molecule has 0 radical (unpaired) electrons. The molecule has 4 aromatic rings. The van der Waals surface area contributed by atoms with Gasteiger partial charge in [-0.1, -0.05) is 0 Å². The number of piperidine rings is 1. The van der Waals surface area contributed by atoms with E-state index in [1.54, 1.807) is 10.7 Å². The summed E-state index contributed by atoms with van der Waals surface area (Å²) in [6, 6.07) is 7.19. The summed E-state index contributed by atoms with van der Waals surface area (Å²) in [4.78, 5) is 29.2. The molecule has 2 N–H and O–H groups in total. The number of methoxy groups -OCH3 is 1. The molecule has 10 nitrogen and oxygen atoms in total. The number of carbonyl (C=O) groups excluding carboxylic acids is 1. The van der Waals surface area contributed by atoms with Crippen LogP contribution in [0.3, 0.4) is 0 Å². The second-order valence-electron chi connectivity index (χ2n) is 9.77. The van der Waals surface area contributed by atoms with Crippen LogP contribution in [0.4, 0.5) is 11.5 Å². The van der Waals surface area contributed by atoms with Crippen LogP contribution in [0.15, 0.2) is 30.6 Å². The third-order valence-electron chi connectivity index (χ3n) is 6.99. The highest BCUT2D eigenvalue weighted by Gasteiger charge is 2.28. The van der Waals surface area contributed by atoms with Gasteiger partial charge in [0.15, 0.2) is 11.5 Å². The highest BCUT2D eigenvalue weighted by atomic mass is 16.5. The summed E-state index contributed by atoms with van der Waals surface area (Å²) >= 11 is 0. The molecule has 2 aliphatic rings. The number of fused-ring (bicyclic) bond motifs is 2. The lowest BCUT2D eigenvalue weighted by atomic mass is 10.0. The van der Waals surface area contributed by atoms with E-state index in [1.807, 2.05) is 38.2 Å². The number of aromatic nitrogens is 5. The van der Waals surface area contributed by atoms with Crippen molar-refractivity contribution in [1.82, 2.24) is 29.9 Å². The van der Waals surface area contributed by atoms with Crippen molar-refractivity contribution >= 4 is 34.0 Å². The molecule has 1 aromatic carbocycles. The lowest BCUT2D eigenvalue weighted by Crippen LogP contribution is -2.43. The predicted octanol–water partition coefficient (Wildman–Crippen LogP) is 3.27. The molecule has 0 atom stereocenters. The smallest absolute Gasteiger partial charge is 0.316 e. The van der Waals surface area contributed by atoms with E-state index in [0.29, 0.717) is 22.9 Å². The minimum atomic E-state index is -0.289. The molecule has 1 aliphatic carbocycles. The van der Waals surface area contributed by atoms with Crippen molar-refractivity contribution in [3.05, 3.63) is 47.4 Å². The standard InChI is InChI=1S/C26H30N8O2/c1-15-12-22(32-34-14-16(2)28-24(15)34)30-25(35)19-6-7-21(20-13-27-26(36-3)31-23(19)20)33-10-8-18(9-11-33)29-17-4-5-17/h6-7,12-14,17-18,29H,4-5,8-11H2,1-3H3,(H,30,32,35). The van der Waals surface area contributed by atoms with Gasteiger partial charge >= 0.3 is 6.01 Å². The van der Waals surface area contributed by atoms with E-state index >= 15 is 0 Å². The lowest BCUT2D eigenvalue weighted by Gasteiger charge is -2.34. The van der Waals surface area contributed by atoms with Gasteiger partial charge in [-0.15, -0.1) is 5.10 Å². The monoisotopic (exact) mass is 486 g/mol. The van der Waals surface area contributed by atoms with Crippen LogP contribution in [0.25, 0.3) is 16.6 Å². The summed E-state index contributed by atoms with van der Waals surface area (Å²) < 4.78 is 6.97. The average Bonchev–Trinajstić information content (AvgIpc) is 3.61. The van der Waals surface area contributed by atoms with Crippen molar-refractivity contribution in [2.45, 2.75) is 51.6 Å². The summed E-state index contributed by atoms with van der Waals surface area (Å²) in [6.45, 7) is 5.76. The maximum Gasteiger partial charge on any atom is 0.316 e. The van der Waals surface area contributed by atoms with Gasteiger partial charge in [0.2, 0.25) is 0 Å². The lowest BCUT2D eigenvalue weighted by molar-refractivity contribution is 0.102. The van der Waals surface area contributed by atoms with Gasteiger partial charge in [0.1, 0.15) is 0 Å². The number of hydrogen-bond donors (Lipinski definition) is 2. The zero-order valence-electron chi connectivity index (χ0n) is 20.8. The molecule has 36 heavy (non-hydrogen) atoms. The fraction of sp³-hybridized carbons (Fsp3) is 0.423. The van der Waals surface area contributed by atoms with Crippen molar-refractivity contribution in [3.63, 3.8) is 0 Å². The van der Waals surface area contributed by atoms with Crippen molar-refractivity contribution in [3.8, 4) is 6.01 Å². The molecule has 2 fully saturated rings. The van der Waals surface area contributed by atoms with Gasteiger partial charge in [0.25, 0.3) is 5.91 Å². The second kappa shape index (κ2) is 9.02. The number of benzene rings is 1. The molecule has 6 rings (SSSR count). The molecular weight excluding hydrogens is 456 g/mol. The predicted molar refractivity (Wildman–Crippen MR) is 138 cm³/mol. The van der Waals surface area contributed by atoms with E-state index in [9.17, 15) is 4.79 Å². The van der Waals surface area contributed by atoms with Crippen LogP contribution in [-0.2, 0) is 0 Å². The molecule has 0 spiro atoms. The number of ether oxygens (including phenoxy) is 1. The van der Waals surface area contributed by atoms with E-state index in [-0.39, 0.29) is 11.9 Å². The van der Waals surface area contributed by atoms with Crippen LogP contribution in [-0.4, -0.2) is 62.8 Å². The van der Waals surface area contributed by atoms with Crippen LogP contribution >= 0.6 is 0 Å². The third-order valence-corrected chi connectivity index (χ3v) is 6.99. The van der Waals surface area contributed by atoms with Gasteiger partial charge in [0.05, 0.1) is 30.1 Å². The van der Waals surface area contributed by atoms with Crippen LogP contribution in [0.1, 0.15) is 47.3 Å². The first-order valence-corrected chi connectivity index (χ1v) is 12.5. The molecule has 0 bridgehead atoms. The summed E-state index contributed by atoms with van der Waals surface area (Å²) in [6.07, 6.45) is 8.39. The Morgan fingerprint density at radius 2 is 1.86 bits per heavy atom. The Bertz CT molecular complexity index is 1450. The molecule has 4 heterocycles. The van der Waals surface area contributed by atoms with Crippen molar-refractivity contribution in [2.75, 3.05) is 30.4 Å². The first-order chi connectivity index (χ1) is 17.5. The van der Waals surface area contributed by atoms with E-state index in [0.717, 1.165) is 60.0 Å². The normalized spacial score (nSPS) is 16.6. The summed E-state index contributed by atoms with van der Waals surface area (Å²) in [5.74, 6) is 0.161. The minimum absolute atomic E-state index is 0.227. The Morgan fingerprint density at radius 1 is 1.08 bits per heavy atom. The number of hydrogen-bond acceptors (Lipinski definition) is 8. The Balaban J connectivity index is 1.30. The van der Waals surface area contributed by atoms with Crippen LogP contribution < -0.4 is 20.3 Å². The molecule has 186 valence electrons. The maximum atomic E-state index is 13.4. The first-order valence-electron chi connectivity index (χ1n) is 12.5.